The van der Waals surface area contributed by atoms with Crippen LogP contribution in [0.15, 0.2) is 18.2 Å². The third kappa shape index (κ3) is 2.01. The smallest absolute Gasteiger partial charge is 0.126 e. The summed E-state index contributed by atoms with van der Waals surface area (Å²) in [5.41, 5.74) is 6.81. The zero-order valence-electron chi connectivity index (χ0n) is 7.84. The molecule has 1 saturated heterocycles. The highest BCUT2D eigenvalue weighted by Gasteiger charge is 2.29. The Balaban J connectivity index is 2.36. The van der Waals surface area contributed by atoms with Crippen LogP contribution in [0.4, 0.5) is 0 Å². The van der Waals surface area contributed by atoms with E-state index < -0.39 is 0 Å². The Bertz CT molecular complexity index is 384. The van der Waals surface area contributed by atoms with E-state index in [2.05, 4.69) is 10.9 Å². The molecular weight excluding hydrogens is 235 g/mol. The van der Waals surface area contributed by atoms with Crippen molar-refractivity contribution in [2.75, 3.05) is 6.54 Å². The van der Waals surface area contributed by atoms with Crippen LogP contribution in [0.25, 0.3) is 0 Å². The summed E-state index contributed by atoms with van der Waals surface area (Å²) in [7, 11) is 0. The third-order valence-corrected chi connectivity index (χ3v) is 3.35. The van der Waals surface area contributed by atoms with Gasteiger partial charge in [0.25, 0.3) is 0 Å². The van der Waals surface area contributed by atoms with Gasteiger partial charge in [-0.25, -0.2) is 5.43 Å². The molecular formula is C10H10Cl2N2O. The van der Waals surface area contributed by atoms with Crippen molar-refractivity contribution in [3.8, 4) is 0 Å². The first kappa shape index (κ1) is 10.9. The number of aldehydes is 1. The van der Waals surface area contributed by atoms with Crippen molar-refractivity contribution in [2.24, 2.45) is 5.92 Å². The highest BCUT2D eigenvalue weighted by Crippen LogP contribution is 2.33. The van der Waals surface area contributed by atoms with Crippen LogP contribution < -0.4 is 10.9 Å². The normalized spacial score (nSPS) is 25.5. The number of halogens is 2. The molecule has 2 rings (SSSR count). The fraction of sp³-hybridized carbons (Fsp3) is 0.300. The van der Waals surface area contributed by atoms with Crippen LogP contribution in [-0.4, -0.2) is 12.8 Å². The molecule has 2 unspecified atom stereocenters. The van der Waals surface area contributed by atoms with Gasteiger partial charge in [-0.15, -0.1) is 0 Å². The molecule has 0 radical (unpaired) electrons. The molecule has 0 amide bonds. The Morgan fingerprint density at radius 3 is 2.93 bits per heavy atom. The lowest BCUT2D eigenvalue weighted by Gasteiger charge is -2.16. The van der Waals surface area contributed by atoms with Gasteiger partial charge in [-0.3, -0.25) is 5.43 Å². The summed E-state index contributed by atoms with van der Waals surface area (Å²) in [6.45, 7) is 0.608. The molecule has 0 bridgehead atoms. The largest absolute Gasteiger partial charge is 0.303 e. The van der Waals surface area contributed by atoms with Crippen molar-refractivity contribution in [1.29, 1.82) is 0 Å². The summed E-state index contributed by atoms with van der Waals surface area (Å²) >= 11 is 12.0. The first-order valence-corrected chi connectivity index (χ1v) is 5.37. The summed E-state index contributed by atoms with van der Waals surface area (Å²) < 4.78 is 0. The molecule has 1 heterocycles. The maximum Gasteiger partial charge on any atom is 0.126 e. The van der Waals surface area contributed by atoms with E-state index in [0.29, 0.717) is 16.6 Å². The average molecular weight is 245 g/mol. The molecule has 5 heteroatoms. The maximum atomic E-state index is 10.8. The van der Waals surface area contributed by atoms with Crippen molar-refractivity contribution >= 4 is 29.5 Å². The van der Waals surface area contributed by atoms with Gasteiger partial charge in [0.2, 0.25) is 0 Å². The zero-order chi connectivity index (χ0) is 10.8. The molecule has 0 aromatic heterocycles. The van der Waals surface area contributed by atoms with E-state index in [9.17, 15) is 4.79 Å². The monoisotopic (exact) mass is 244 g/mol. The van der Waals surface area contributed by atoms with Gasteiger partial charge in [-0.1, -0.05) is 35.3 Å². The molecule has 2 N–H and O–H groups in total. The van der Waals surface area contributed by atoms with E-state index >= 15 is 0 Å². The lowest BCUT2D eigenvalue weighted by Crippen LogP contribution is -2.25. The van der Waals surface area contributed by atoms with E-state index in [-0.39, 0.29) is 12.0 Å². The Kier molecular flexibility index (Phi) is 3.26. The molecule has 0 spiro atoms. The lowest BCUT2D eigenvalue weighted by atomic mass is 9.96. The van der Waals surface area contributed by atoms with Gasteiger partial charge in [0.1, 0.15) is 6.29 Å². The first-order chi connectivity index (χ1) is 7.24. The second-order valence-electron chi connectivity index (χ2n) is 3.45. The minimum atomic E-state index is -0.110. The predicted octanol–water partition coefficient (Wildman–Crippen LogP) is 1.96. The predicted molar refractivity (Wildman–Crippen MR) is 59.9 cm³/mol. The van der Waals surface area contributed by atoms with Crippen LogP contribution in [0.2, 0.25) is 10.0 Å². The molecule has 1 fully saturated rings. The van der Waals surface area contributed by atoms with E-state index in [0.717, 1.165) is 11.8 Å². The highest BCUT2D eigenvalue weighted by atomic mass is 35.5. The molecule has 80 valence electrons. The number of carbonyl (C=O) groups is 1. The van der Waals surface area contributed by atoms with Gasteiger partial charge in [0.05, 0.1) is 16.1 Å². The average Bonchev–Trinajstić information content (AvgIpc) is 2.70. The van der Waals surface area contributed by atoms with Crippen molar-refractivity contribution in [3.05, 3.63) is 33.8 Å². The first-order valence-electron chi connectivity index (χ1n) is 4.61. The summed E-state index contributed by atoms with van der Waals surface area (Å²) in [6, 6.07) is 5.32. The second-order valence-corrected chi connectivity index (χ2v) is 4.23. The Labute approximate surface area is 97.7 Å². The van der Waals surface area contributed by atoms with Crippen molar-refractivity contribution in [3.63, 3.8) is 0 Å². The number of rotatable bonds is 2. The molecule has 1 aromatic rings. The number of hydrogen-bond donors (Lipinski definition) is 2. The highest BCUT2D eigenvalue weighted by molar-refractivity contribution is 6.42. The Hall–Kier alpha value is -0.610. The van der Waals surface area contributed by atoms with Crippen molar-refractivity contribution in [2.45, 2.75) is 6.04 Å². The van der Waals surface area contributed by atoms with E-state index in [4.69, 9.17) is 23.2 Å². The number of hydrazine groups is 1. The molecule has 15 heavy (non-hydrogen) atoms. The minimum absolute atomic E-state index is 0.103. The molecule has 3 nitrogen and oxygen atoms in total. The molecule has 1 aromatic carbocycles. The SMILES string of the molecule is O=CC1CNNC1c1cccc(Cl)c1Cl. The van der Waals surface area contributed by atoms with E-state index in [1.165, 1.54) is 0 Å². The van der Waals surface area contributed by atoms with E-state index in [1.54, 1.807) is 6.07 Å². The van der Waals surface area contributed by atoms with Gasteiger partial charge < -0.3 is 4.79 Å². The summed E-state index contributed by atoms with van der Waals surface area (Å²) in [6.07, 6.45) is 0.925. The standard InChI is InChI=1S/C10H10Cl2N2O/c11-8-3-1-2-7(9(8)12)10-6(5-15)4-13-14-10/h1-3,5-6,10,13-14H,4H2. The van der Waals surface area contributed by atoms with Gasteiger partial charge in [0.15, 0.2) is 0 Å². The van der Waals surface area contributed by atoms with Crippen LogP contribution in [0, 0.1) is 5.92 Å². The van der Waals surface area contributed by atoms with Gasteiger partial charge in [0, 0.05) is 12.5 Å². The molecule has 1 aliphatic rings. The fourth-order valence-electron chi connectivity index (χ4n) is 1.71. The van der Waals surface area contributed by atoms with Crippen LogP contribution in [0.1, 0.15) is 11.6 Å². The van der Waals surface area contributed by atoms with Gasteiger partial charge in [-0.05, 0) is 11.6 Å². The van der Waals surface area contributed by atoms with Crippen LogP contribution in [0.5, 0.6) is 0 Å². The zero-order valence-corrected chi connectivity index (χ0v) is 9.35. The summed E-state index contributed by atoms with van der Waals surface area (Å²) in [5.74, 6) is -0.110. The van der Waals surface area contributed by atoms with Crippen LogP contribution >= 0.6 is 23.2 Å². The quantitative estimate of drug-likeness (QED) is 0.782. The molecule has 0 saturated carbocycles. The molecule has 1 aliphatic heterocycles. The van der Waals surface area contributed by atoms with E-state index in [1.807, 2.05) is 12.1 Å². The van der Waals surface area contributed by atoms with Crippen molar-refractivity contribution in [1.82, 2.24) is 10.9 Å². The Morgan fingerprint density at radius 2 is 2.20 bits per heavy atom. The summed E-state index contributed by atoms with van der Waals surface area (Å²) in [5, 5.41) is 1.01. The van der Waals surface area contributed by atoms with Gasteiger partial charge >= 0.3 is 0 Å². The van der Waals surface area contributed by atoms with Crippen molar-refractivity contribution < 1.29 is 4.79 Å². The number of nitrogens with one attached hydrogen (secondary N) is 2. The number of hydrogen-bond acceptors (Lipinski definition) is 3. The van der Waals surface area contributed by atoms with Crippen LogP contribution in [0.3, 0.4) is 0 Å². The third-order valence-electron chi connectivity index (χ3n) is 2.51. The maximum absolute atomic E-state index is 10.8. The minimum Gasteiger partial charge on any atom is -0.303 e. The van der Waals surface area contributed by atoms with Gasteiger partial charge in [-0.2, -0.15) is 0 Å². The molecule has 2 atom stereocenters. The van der Waals surface area contributed by atoms with Crippen LogP contribution in [-0.2, 0) is 4.79 Å². The Morgan fingerprint density at radius 1 is 1.40 bits per heavy atom. The summed E-state index contributed by atoms with van der Waals surface area (Å²) in [4.78, 5) is 10.8. The number of benzene rings is 1. The second kappa shape index (κ2) is 4.49. The lowest BCUT2D eigenvalue weighted by molar-refractivity contribution is -0.111. The fourth-order valence-corrected chi connectivity index (χ4v) is 2.13. The molecule has 0 aliphatic carbocycles. The number of carbonyl (C=O) groups excluding carboxylic acids is 1. The topological polar surface area (TPSA) is 41.1 Å².